The molecule has 1 aliphatic rings. The van der Waals surface area contributed by atoms with Gasteiger partial charge >= 0.3 is 0 Å². The minimum absolute atomic E-state index is 0.203. The van der Waals surface area contributed by atoms with Crippen LogP contribution in [0.2, 0.25) is 0 Å². The van der Waals surface area contributed by atoms with Crippen LogP contribution in [-0.4, -0.2) is 39.7 Å². The Bertz CT molecular complexity index is 1660. The number of nitrogens with two attached hydrogens (primary N) is 1. The van der Waals surface area contributed by atoms with E-state index in [4.69, 9.17) is 24.7 Å². The van der Waals surface area contributed by atoms with Gasteiger partial charge < -0.3 is 29.2 Å². The third-order valence-electron chi connectivity index (χ3n) is 7.26. The number of aromatic amines is 1. The maximum atomic E-state index is 13.0. The molecule has 3 heterocycles. The number of halogens is 1. The Hall–Kier alpha value is -3.80. The van der Waals surface area contributed by atoms with E-state index in [9.17, 15) is 4.79 Å². The maximum absolute atomic E-state index is 13.0. The summed E-state index contributed by atoms with van der Waals surface area (Å²) in [5.74, 6) is 0.203. The van der Waals surface area contributed by atoms with Crippen molar-refractivity contribution in [2.75, 3.05) is 12.3 Å². The van der Waals surface area contributed by atoms with Gasteiger partial charge in [0.15, 0.2) is 12.0 Å². The summed E-state index contributed by atoms with van der Waals surface area (Å²) in [4.78, 5) is 13.0. The Morgan fingerprint density at radius 2 is 1.38 bits per heavy atom. The second-order valence-electron chi connectivity index (χ2n) is 10.1. The molecule has 1 saturated heterocycles. The van der Waals surface area contributed by atoms with E-state index in [2.05, 4.69) is 26.1 Å². The monoisotopic (exact) mass is 630 g/mol. The molecule has 4 atom stereocenters. The molecule has 0 saturated carbocycles. The Kier molecular flexibility index (Phi) is 8.78. The SMILES string of the molecule is Nc1n[nH]c(=O)c2c1c(Br)cn2[C@@H]1O[C@H](COCc2ccccc2)[C@@H](OCc2ccccc2)[C@@H]1OCc1ccccc1. The Morgan fingerprint density at radius 3 is 1.98 bits per heavy atom. The molecule has 0 radical (unpaired) electrons. The van der Waals surface area contributed by atoms with Crippen molar-refractivity contribution < 1.29 is 18.9 Å². The molecule has 0 unspecified atom stereocenters. The average molecular weight is 632 g/mol. The van der Waals surface area contributed by atoms with E-state index in [1.807, 2.05) is 91.0 Å². The minimum atomic E-state index is -0.712. The van der Waals surface area contributed by atoms with Crippen LogP contribution in [0.1, 0.15) is 22.9 Å². The molecule has 6 rings (SSSR count). The molecule has 9 nitrogen and oxygen atoms in total. The van der Waals surface area contributed by atoms with Crippen molar-refractivity contribution in [3.05, 3.63) is 129 Å². The Balaban J connectivity index is 1.34. The van der Waals surface area contributed by atoms with Crippen LogP contribution in [0.4, 0.5) is 5.82 Å². The predicted octanol–water partition coefficient (Wildman–Crippen LogP) is 5.35. The van der Waals surface area contributed by atoms with E-state index < -0.39 is 24.5 Å². The number of hydrogen-bond acceptors (Lipinski definition) is 7. The molecular formula is C32H31BrN4O5. The zero-order valence-electron chi connectivity index (χ0n) is 22.8. The number of rotatable bonds is 11. The summed E-state index contributed by atoms with van der Waals surface area (Å²) in [6, 6.07) is 29.8. The lowest BCUT2D eigenvalue weighted by molar-refractivity contribution is -0.0913. The van der Waals surface area contributed by atoms with Crippen molar-refractivity contribution >= 4 is 32.7 Å². The van der Waals surface area contributed by atoms with Gasteiger partial charge in [0.2, 0.25) is 0 Å². The van der Waals surface area contributed by atoms with E-state index in [1.54, 1.807) is 10.8 Å². The smallest absolute Gasteiger partial charge is 0.288 e. The summed E-state index contributed by atoms with van der Waals surface area (Å²) in [5.41, 5.74) is 9.19. The van der Waals surface area contributed by atoms with Crippen LogP contribution >= 0.6 is 15.9 Å². The fourth-order valence-corrected chi connectivity index (χ4v) is 5.85. The summed E-state index contributed by atoms with van der Waals surface area (Å²) in [6.07, 6.45) is -0.517. The van der Waals surface area contributed by atoms with Crippen LogP contribution in [0.25, 0.3) is 10.9 Å². The second-order valence-corrected chi connectivity index (χ2v) is 11.0. The van der Waals surface area contributed by atoms with Gasteiger partial charge in [-0.1, -0.05) is 91.0 Å². The fourth-order valence-electron chi connectivity index (χ4n) is 5.23. The topological polar surface area (TPSA) is 114 Å². The number of benzene rings is 3. The molecule has 3 aromatic carbocycles. The van der Waals surface area contributed by atoms with E-state index in [1.165, 1.54) is 0 Å². The third kappa shape index (κ3) is 6.18. The van der Waals surface area contributed by atoms with Crippen LogP contribution in [0.15, 0.2) is 106 Å². The number of hydrogen-bond donors (Lipinski definition) is 2. The first-order chi connectivity index (χ1) is 20.6. The number of nitrogens with one attached hydrogen (secondary N) is 1. The van der Waals surface area contributed by atoms with Crippen molar-refractivity contribution in [3.8, 4) is 0 Å². The molecule has 3 N–H and O–H groups in total. The van der Waals surface area contributed by atoms with E-state index in [-0.39, 0.29) is 18.0 Å². The molecule has 0 aliphatic carbocycles. The number of aromatic nitrogens is 3. The van der Waals surface area contributed by atoms with Gasteiger partial charge in [0.05, 0.1) is 31.8 Å². The lowest BCUT2D eigenvalue weighted by atomic mass is 10.1. The number of nitrogen functional groups attached to an aromatic ring is 1. The first-order valence-corrected chi connectivity index (χ1v) is 14.5. The maximum Gasteiger partial charge on any atom is 0.288 e. The van der Waals surface area contributed by atoms with E-state index in [0.29, 0.717) is 35.2 Å². The number of H-pyrrole nitrogens is 1. The number of nitrogens with zero attached hydrogens (tertiary/aromatic N) is 2. The molecule has 0 amide bonds. The molecule has 1 aliphatic heterocycles. The van der Waals surface area contributed by atoms with Crippen molar-refractivity contribution in [2.24, 2.45) is 0 Å². The predicted molar refractivity (Wildman–Crippen MR) is 163 cm³/mol. The summed E-state index contributed by atoms with van der Waals surface area (Å²) in [7, 11) is 0. The lowest BCUT2D eigenvalue weighted by Crippen LogP contribution is -2.38. The second kappa shape index (κ2) is 13.0. The highest BCUT2D eigenvalue weighted by Crippen LogP contribution is 2.39. The minimum Gasteiger partial charge on any atom is -0.382 e. The summed E-state index contributed by atoms with van der Waals surface area (Å²) in [6.45, 7) is 1.37. The number of anilines is 1. The van der Waals surface area contributed by atoms with Gasteiger partial charge in [-0.05, 0) is 32.6 Å². The van der Waals surface area contributed by atoms with E-state index in [0.717, 1.165) is 16.7 Å². The average Bonchev–Trinajstić information content (AvgIpc) is 3.56. The van der Waals surface area contributed by atoms with Crippen LogP contribution in [0, 0.1) is 0 Å². The highest BCUT2D eigenvalue weighted by Gasteiger charge is 2.48. The van der Waals surface area contributed by atoms with Gasteiger partial charge in [-0.25, -0.2) is 5.10 Å². The molecule has 10 heteroatoms. The van der Waals surface area contributed by atoms with Crippen LogP contribution in [-0.2, 0) is 38.8 Å². The summed E-state index contributed by atoms with van der Waals surface area (Å²) >= 11 is 3.56. The molecule has 0 bridgehead atoms. The van der Waals surface area contributed by atoms with Gasteiger partial charge in [-0.15, -0.1) is 0 Å². The molecule has 0 spiro atoms. The highest BCUT2D eigenvalue weighted by atomic mass is 79.9. The molecule has 2 aromatic heterocycles. The molecule has 1 fully saturated rings. The number of fused-ring (bicyclic) bond motifs is 1. The van der Waals surface area contributed by atoms with Gasteiger partial charge in [0.25, 0.3) is 5.56 Å². The van der Waals surface area contributed by atoms with Crippen molar-refractivity contribution in [2.45, 2.75) is 44.4 Å². The van der Waals surface area contributed by atoms with Crippen LogP contribution in [0.3, 0.4) is 0 Å². The van der Waals surface area contributed by atoms with Crippen LogP contribution in [0.5, 0.6) is 0 Å². The summed E-state index contributed by atoms with van der Waals surface area (Å²) in [5, 5.41) is 6.94. The first-order valence-electron chi connectivity index (χ1n) is 13.7. The largest absolute Gasteiger partial charge is 0.382 e. The quantitative estimate of drug-likeness (QED) is 0.202. The first kappa shape index (κ1) is 28.3. The third-order valence-corrected chi connectivity index (χ3v) is 7.86. The van der Waals surface area contributed by atoms with Crippen molar-refractivity contribution in [1.82, 2.24) is 14.8 Å². The van der Waals surface area contributed by atoms with Crippen molar-refractivity contribution in [3.63, 3.8) is 0 Å². The van der Waals surface area contributed by atoms with Crippen molar-refractivity contribution in [1.29, 1.82) is 0 Å². The van der Waals surface area contributed by atoms with Gasteiger partial charge in [0, 0.05) is 10.7 Å². The zero-order valence-corrected chi connectivity index (χ0v) is 24.4. The molecule has 216 valence electrons. The Labute approximate surface area is 251 Å². The van der Waals surface area contributed by atoms with Crippen LogP contribution < -0.4 is 11.3 Å². The summed E-state index contributed by atoms with van der Waals surface area (Å²) < 4.78 is 28.3. The highest BCUT2D eigenvalue weighted by molar-refractivity contribution is 9.10. The molecular weight excluding hydrogens is 600 g/mol. The standard InChI is InChI=1S/C32H31BrN4O5/c33-24-16-37(27-26(24)30(34)35-36-31(27)38)32-29(41-19-23-14-8-3-9-15-23)28(40-18-22-12-6-2-7-13-22)25(42-32)20-39-17-21-10-4-1-5-11-21/h1-16,25,28-29,32H,17-20H2,(H2,34,35)(H,36,38)/t25-,28-,29+,32-/m1/s1. The fraction of sp³-hybridized carbons (Fsp3) is 0.250. The lowest BCUT2D eigenvalue weighted by Gasteiger charge is -2.26. The normalized spacial score (nSPS) is 20.3. The Morgan fingerprint density at radius 1 is 0.833 bits per heavy atom. The zero-order chi connectivity index (χ0) is 28.9. The molecule has 5 aromatic rings. The molecule has 42 heavy (non-hydrogen) atoms. The van der Waals surface area contributed by atoms with E-state index >= 15 is 0 Å². The van der Waals surface area contributed by atoms with Gasteiger partial charge in [-0.3, -0.25) is 4.79 Å². The van der Waals surface area contributed by atoms with Gasteiger partial charge in [0.1, 0.15) is 23.8 Å². The van der Waals surface area contributed by atoms with Gasteiger partial charge in [-0.2, -0.15) is 5.10 Å². The number of ether oxygens (including phenoxy) is 4.